The third-order valence-corrected chi connectivity index (χ3v) is 3.18. The minimum absolute atomic E-state index is 0.399. The van der Waals surface area contributed by atoms with Crippen molar-refractivity contribution in [1.29, 1.82) is 0 Å². The molecular weight excluding hydrogens is 184 g/mol. The summed E-state index contributed by atoms with van der Waals surface area (Å²) in [5.74, 6) is 1.27. The van der Waals surface area contributed by atoms with Gasteiger partial charge in [-0.2, -0.15) is 0 Å². The van der Waals surface area contributed by atoms with Crippen LogP contribution in [0.1, 0.15) is 36.8 Å². The number of carbonyl (C=O) groups excluding carboxylic acids is 1. The lowest BCUT2D eigenvalue weighted by Gasteiger charge is -2.04. The van der Waals surface area contributed by atoms with E-state index in [9.17, 15) is 4.79 Å². The first-order chi connectivity index (χ1) is 7.25. The Bertz CT molecular complexity index is 350. The van der Waals surface area contributed by atoms with Crippen LogP contribution in [0.4, 0.5) is 0 Å². The molecule has 1 saturated carbocycles. The molecule has 15 heavy (non-hydrogen) atoms. The van der Waals surface area contributed by atoms with Gasteiger partial charge in [-0.25, -0.2) is 0 Å². The molecule has 0 amide bonds. The number of ketones is 1. The Labute approximate surface area is 91.5 Å². The second-order valence-corrected chi connectivity index (χ2v) is 4.62. The third-order valence-electron chi connectivity index (χ3n) is 3.18. The maximum atomic E-state index is 11.7. The van der Waals surface area contributed by atoms with Crippen molar-refractivity contribution >= 4 is 5.78 Å². The van der Waals surface area contributed by atoms with E-state index in [1.54, 1.807) is 0 Å². The lowest BCUT2D eigenvalue weighted by molar-refractivity contribution is -0.118. The number of aryl methyl sites for hydroxylation is 1. The Hall–Kier alpha value is -1.11. The van der Waals surface area contributed by atoms with Crippen LogP contribution in [0, 0.1) is 12.8 Å². The van der Waals surface area contributed by atoms with Gasteiger partial charge in [0.25, 0.3) is 0 Å². The highest BCUT2D eigenvalue weighted by molar-refractivity contribution is 5.81. The Morgan fingerprint density at radius 1 is 1.33 bits per heavy atom. The van der Waals surface area contributed by atoms with Crippen LogP contribution in [0.5, 0.6) is 0 Å². The molecule has 0 heterocycles. The number of Topliss-reactive ketones (excluding diaryl/α,β-unsaturated/α-hetero) is 1. The number of rotatable bonds is 5. The molecule has 0 radical (unpaired) electrons. The highest BCUT2D eigenvalue weighted by Gasteiger charge is 2.21. The monoisotopic (exact) mass is 202 g/mol. The summed E-state index contributed by atoms with van der Waals surface area (Å²) in [7, 11) is 0. The van der Waals surface area contributed by atoms with E-state index in [0.29, 0.717) is 12.2 Å². The summed E-state index contributed by atoms with van der Waals surface area (Å²) < 4.78 is 0. The zero-order chi connectivity index (χ0) is 10.7. The fraction of sp³-hybridized carbons (Fsp3) is 0.500. The largest absolute Gasteiger partial charge is 0.299 e. The average Bonchev–Trinajstić information content (AvgIpc) is 3.02. The molecule has 0 aromatic heterocycles. The number of carbonyl (C=O) groups is 1. The van der Waals surface area contributed by atoms with E-state index >= 15 is 0 Å². The Morgan fingerprint density at radius 2 is 2.07 bits per heavy atom. The summed E-state index contributed by atoms with van der Waals surface area (Å²) in [6, 6.07) is 8.16. The van der Waals surface area contributed by atoms with E-state index in [1.165, 1.54) is 24.0 Å². The fourth-order valence-corrected chi connectivity index (χ4v) is 1.88. The SMILES string of the molecule is Cc1ccccc1CC(=O)CCC1CC1. The van der Waals surface area contributed by atoms with Gasteiger partial charge < -0.3 is 0 Å². The molecule has 1 nitrogen and oxygen atoms in total. The van der Waals surface area contributed by atoms with Gasteiger partial charge in [-0.1, -0.05) is 37.1 Å². The van der Waals surface area contributed by atoms with Crippen molar-refractivity contribution in [3.63, 3.8) is 0 Å². The zero-order valence-corrected chi connectivity index (χ0v) is 9.33. The topological polar surface area (TPSA) is 17.1 Å². The summed E-state index contributed by atoms with van der Waals surface area (Å²) in [6.07, 6.45) is 5.21. The molecule has 0 saturated heterocycles. The normalized spacial score (nSPS) is 15.3. The Morgan fingerprint density at radius 3 is 2.73 bits per heavy atom. The molecule has 1 fully saturated rings. The van der Waals surface area contributed by atoms with Gasteiger partial charge in [0, 0.05) is 12.8 Å². The summed E-state index contributed by atoms with van der Waals surface area (Å²) in [6.45, 7) is 2.07. The number of hydrogen-bond donors (Lipinski definition) is 0. The van der Waals surface area contributed by atoms with Gasteiger partial charge >= 0.3 is 0 Å². The standard InChI is InChI=1S/C14H18O/c1-11-4-2-3-5-13(11)10-14(15)9-8-12-6-7-12/h2-5,12H,6-10H2,1H3. The van der Waals surface area contributed by atoms with Crippen LogP contribution < -0.4 is 0 Å². The predicted octanol–water partition coefficient (Wildman–Crippen LogP) is 3.30. The van der Waals surface area contributed by atoms with E-state index in [0.717, 1.165) is 18.8 Å². The van der Waals surface area contributed by atoms with Crippen molar-refractivity contribution in [3.05, 3.63) is 35.4 Å². The molecular formula is C14H18O. The van der Waals surface area contributed by atoms with Crippen LogP contribution in [0.3, 0.4) is 0 Å². The lowest BCUT2D eigenvalue weighted by atomic mass is 10.0. The molecule has 1 aromatic carbocycles. The molecule has 1 heteroatoms. The smallest absolute Gasteiger partial charge is 0.137 e. The zero-order valence-electron chi connectivity index (χ0n) is 9.33. The van der Waals surface area contributed by atoms with Crippen molar-refractivity contribution in [3.8, 4) is 0 Å². The van der Waals surface area contributed by atoms with Gasteiger partial charge in [0.05, 0.1) is 0 Å². The van der Waals surface area contributed by atoms with Crippen LogP contribution in [0.25, 0.3) is 0 Å². The molecule has 0 unspecified atom stereocenters. The van der Waals surface area contributed by atoms with E-state index in [1.807, 2.05) is 12.1 Å². The van der Waals surface area contributed by atoms with Crippen molar-refractivity contribution in [2.45, 2.75) is 39.0 Å². The molecule has 0 atom stereocenters. The van der Waals surface area contributed by atoms with Crippen LogP contribution >= 0.6 is 0 Å². The van der Waals surface area contributed by atoms with E-state index in [2.05, 4.69) is 19.1 Å². The molecule has 80 valence electrons. The second kappa shape index (κ2) is 4.61. The predicted molar refractivity (Wildman–Crippen MR) is 61.8 cm³/mol. The summed E-state index contributed by atoms with van der Waals surface area (Å²) >= 11 is 0. The fourth-order valence-electron chi connectivity index (χ4n) is 1.88. The summed E-state index contributed by atoms with van der Waals surface area (Å²) in [5, 5.41) is 0. The molecule has 0 spiro atoms. The van der Waals surface area contributed by atoms with Gasteiger partial charge in [0.2, 0.25) is 0 Å². The summed E-state index contributed by atoms with van der Waals surface area (Å²) in [5.41, 5.74) is 2.43. The molecule has 1 aliphatic rings. The van der Waals surface area contributed by atoms with Crippen LogP contribution in [-0.2, 0) is 11.2 Å². The van der Waals surface area contributed by atoms with Crippen molar-refractivity contribution < 1.29 is 4.79 Å². The molecule has 0 N–H and O–H groups in total. The van der Waals surface area contributed by atoms with E-state index in [4.69, 9.17) is 0 Å². The molecule has 1 aliphatic carbocycles. The van der Waals surface area contributed by atoms with Gasteiger partial charge in [-0.05, 0) is 30.4 Å². The minimum atomic E-state index is 0.399. The first-order valence-corrected chi connectivity index (χ1v) is 5.82. The maximum absolute atomic E-state index is 11.7. The molecule has 0 bridgehead atoms. The van der Waals surface area contributed by atoms with E-state index in [-0.39, 0.29) is 0 Å². The summed E-state index contributed by atoms with van der Waals surface area (Å²) in [4.78, 5) is 11.7. The Kier molecular flexibility index (Phi) is 3.20. The highest BCUT2D eigenvalue weighted by atomic mass is 16.1. The quantitative estimate of drug-likeness (QED) is 0.716. The van der Waals surface area contributed by atoms with Gasteiger partial charge in [0.15, 0.2) is 0 Å². The van der Waals surface area contributed by atoms with Crippen molar-refractivity contribution in [1.82, 2.24) is 0 Å². The lowest BCUT2D eigenvalue weighted by Crippen LogP contribution is -2.04. The van der Waals surface area contributed by atoms with Crippen molar-refractivity contribution in [2.75, 3.05) is 0 Å². The van der Waals surface area contributed by atoms with Crippen LogP contribution in [0.15, 0.2) is 24.3 Å². The minimum Gasteiger partial charge on any atom is -0.299 e. The van der Waals surface area contributed by atoms with Gasteiger partial charge in [-0.3, -0.25) is 4.79 Å². The van der Waals surface area contributed by atoms with Crippen LogP contribution in [-0.4, -0.2) is 5.78 Å². The average molecular weight is 202 g/mol. The first-order valence-electron chi connectivity index (χ1n) is 5.82. The third kappa shape index (κ3) is 3.19. The first kappa shape index (κ1) is 10.4. The number of hydrogen-bond acceptors (Lipinski definition) is 1. The molecule has 2 rings (SSSR count). The number of benzene rings is 1. The van der Waals surface area contributed by atoms with Crippen LogP contribution in [0.2, 0.25) is 0 Å². The van der Waals surface area contributed by atoms with Gasteiger partial charge in [0.1, 0.15) is 5.78 Å². The molecule has 1 aromatic rings. The van der Waals surface area contributed by atoms with Crippen molar-refractivity contribution in [2.24, 2.45) is 5.92 Å². The second-order valence-electron chi connectivity index (χ2n) is 4.62. The highest BCUT2D eigenvalue weighted by Crippen LogP contribution is 2.33. The van der Waals surface area contributed by atoms with E-state index < -0.39 is 0 Å². The maximum Gasteiger partial charge on any atom is 0.137 e. The molecule has 0 aliphatic heterocycles. The Balaban J connectivity index is 1.84. The van der Waals surface area contributed by atoms with Gasteiger partial charge in [-0.15, -0.1) is 0 Å².